The molecule has 128 valence electrons. The molecule has 4 aromatic rings. The third-order valence-electron chi connectivity index (χ3n) is 4.46. The first-order valence-corrected chi connectivity index (χ1v) is 8.30. The standard InChI is InChI=1S/C21H17N3O2/c1-13-7-9-15(10-8-13)19-20(24-12-4-11-22-24)17(21(25)26)16-6-3-5-14(2)18(16)23-19/h3-12H,1-2H3,(H,25,26). The average molecular weight is 343 g/mol. The molecule has 5 nitrogen and oxygen atoms in total. The van der Waals surface area contributed by atoms with Gasteiger partial charge in [-0.1, -0.05) is 48.0 Å². The number of aromatic carboxylic acids is 1. The van der Waals surface area contributed by atoms with Crippen molar-refractivity contribution in [1.29, 1.82) is 0 Å². The number of hydrogen-bond donors (Lipinski definition) is 1. The zero-order valence-corrected chi connectivity index (χ0v) is 14.5. The fraction of sp³-hybridized carbons (Fsp3) is 0.0952. The van der Waals surface area contributed by atoms with Crippen LogP contribution in [-0.2, 0) is 0 Å². The minimum atomic E-state index is -0.998. The summed E-state index contributed by atoms with van der Waals surface area (Å²) in [5.74, 6) is -0.998. The first-order chi connectivity index (χ1) is 12.6. The molecule has 0 saturated heterocycles. The lowest BCUT2D eigenvalue weighted by Crippen LogP contribution is -2.11. The molecule has 0 unspecified atom stereocenters. The third-order valence-corrected chi connectivity index (χ3v) is 4.46. The van der Waals surface area contributed by atoms with Crippen LogP contribution in [0.1, 0.15) is 21.5 Å². The lowest BCUT2D eigenvalue weighted by Gasteiger charge is -2.16. The number of fused-ring (bicyclic) bond motifs is 1. The molecule has 0 bridgehead atoms. The van der Waals surface area contributed by atoms with Gasteiger partial charge in [0.15, 0.2) is 0 Å². The number of aromatic nitrogens is 3. The van der Waals surface area contributed by atoms with Gasteiger partial charge in [0.1, 0.15) is 5.69 Å². The summed E-state index contributed by atoms with van der Waals surface area (Å²) >= 11 is 0. The number of carboxylic acids is 1. The van der Waals surface area contributed by atoms with Gasteiger partial charge in [-0.05, 0) is 25.5 Å². The quantitative estimate of drug-likeness (QED) is 0.598. The van der Waals surface area contributed by atoms with Crippen molar-refractivity contribution in [2.45, 2.75) is 13.8 Å². The van der Waals surface area contributed by atoms with Crippen LogP contribution in [0.25, 0.3) is 27.8 Å². The van der Waals surface area contributed by atoms with Crippen molar-refractivity contribution in [2.24, 2.45) is 0 Å². The van der Waals surface area contributed by atoms with E-state index in [2.05, 4.69) is 5.10 Å². The van der Waals surface area contributed by atoms with E-state index in [1.165, 1.54) is 0 Å². The fourth-order valence-electron chi connectivity index (χ4n) is 3.17. The van der Waals surface area contributed by atoms with E-state index in [4.69, 9.17) is 4.98 Å². The van der Waals surface area contributed by atoms with Crippen LogP contribution in [0, 0.1) is 13.8 Å². The smallest absolute Gasteiger partial charge is 0.338 e. The predicted molar refractivity (Wildman–Crippen MR) is 101 cm³/mol. The molecule has 0 saturated carbocycles. The molecular weight excluding hydrogens is 326 g/mol. The second-order valence-corrected chi connectivity index (χ2v) is 6.28. The minimum Gasteiger partial charge on any atom is -0.478 e. The predicted octanol–water partition coefficient (Wildman–Crippen LogP) is 4.40. The van der Waals surface area contributed by atoms with E-state index < -0.39 is 5.97 Å². The van der Waals surface area contributed by atoms with Gasteiger partial charge in [0, 0.05) is 23.3 Å². The zero-order valence-electron chi connectivity index (χ0n) is 14.5. The number of hydrogen-bond acceptors (Lipinski definition) is 3. The first-order valence-electron chi connectivity index (χ1n) is 8.30. The Balaban J connectivity index is 2.19. The van der Waals surface area contributed by atoms with Gasteiger partial charge in [-0.2, -0.15) is 5.10 Å². The third kappa shape index (κ3) is 2.54. The topological polar surface area (TPSA) is 68.0 Å². The summed E-state index contributed by atoms with van der Waals surface area (Å²) in [4.78, 5) is 17.1. The Bertz CT molecular complexity index is 1110. The summed E-state index contributed by atoms with van der Waals surface area (Å²) in [6.45, 7) is 3.95. The maximum absolute atomic E-state index is 12.2. The van der Waals surface area contributed by atoms with Crippen LogP contribution in [0.4, 0.5) is 0 Å². The largest absolute Gasteiger partial charge is 0.478 e. The minimum absolute atomic E-state index is 0.206. The number of benzene rings is 2. The fourth-order valence-corrected chi connectivity index (χ4v) is 3.17. The highest BCUT2D eigenvalue weighted by molar-refractivity contribution is 6.08. The lowest BCUT2D eigenvalue weighted by atomic mass is 9.99. The molecule has 0 fully saturated rings. The van der Waals surface area contributed by atoms with Gasteiger partial charge in [-0.15, -0.1) is 0 Å². The Morgan fingerprint density at radius 2 is 1.81 bits per heavy atom. The summed E-state index contributed by atoms with van der Waals surface area (Å²) in [6, 6.07) is 15.3. The molecule has 2 aromatic carbocycles. The van der Waals surface area contributed by atoms with E-state index in [0.29, 0.717) is 22.3 Å². The van der Waals surface area contributed by atoms with Crippen molar-refractivity contribution in [3.8, 4) is 16.9 Å². The van der Waals surface area contributed by atoms with Crippen LogP contribution in [0.2, 0.25) is 0 Å². The van der Waals surface area contributed by atoms with Gasteiger partial charge in [0.05, 0.1) is 16.8 Å². The van der Waals surface area contributed by atoms with Crippen molar-refractivity contribution in [1.82, 2.24) is 14.8 Å². The Labute approximate surface area is 150 Å². The van der Waals surface area contributed by atoms with E-state index in [0.717, 1.165) is 16.7 Å². The average Bonchev–Trinajstić information content (AvgIpc) is 3.15. The highest BCUT2D eigenvalue weighted by Crippen LogP contribution is 2.34. The summed E-state index contributed by atoms with van der Waals surface area (Å²) in [5, 5.41) is 14.9. The molecule has 0 aliphatic rings. The summed E-state index contributed by atoms with van der Waals surface area (Å²) < 4.78 is 1.58. The molecule has 2 heterocycles. The van der Waals surface area contributed by atoms with E-state index in [1.54, 1.807) is 29.2 Å². The SMILES string of the molecule is Cc1ccc(-c2nc3c(C)cccc3c(C(=O)O)c2-n2cccn2)cc1. The van der Waals surface area contributed by atoms with E-state index >= 15 is 0 Å². The van der Waals surface area contributed by atoms with Gasteiger partial charge in [-0.3, -0.25) is 0 Å². The Kier molecular flexibility index (Phi) is 3.77. The zero-order chi connectivity index (χ0) is 18.3. The van der Waals surface area contributed by atoms with Gasteiger partial charge in [0.2, 0.25) is 0 Å². The number of carboxylic acid groups (broad SMARTS) is 1. The normalized spacial score (nSPS) is 11.0. The molecule has 26 heavy (non-hydrogen) atoms. The van der Waals surface area contributed by atoms with Gasteiger partial charge >= 0.3 is 5.97 Å². The molecule has 0 spiro atoms. The van der Waals surface area contributed by atoms with Crippen molar-refractivity contribution >= 4 is 16.9 Å². The van der Waals surface area contributed by atoms with Crippen molar-refractivity contribution in [3.63, 3.8) is 0 Å². The van der Waals surface area contributed by atoms with Crippen LogP contribution in [-0.4, -0.2) is 25.8 Å². The van der Waals surface area contributed by atoms with Gasteiger partial charge < -0.3 is 5.11 Å². The molecule has 1 N–H and O–H groups in total. The maximum Gasteiger partial charge on any atom is 0.338 e. The Hall–Kier alpha value is -3.47. The highest BCUT2D eigenvalue weighted by Gasteiger charge is 2.23. The summed E-state index contributed by atoms with van der Waals surface area (Å²) in [6.07, 6.45) is 3.37. The van der Waals surface area contributed by atoms with Crippen LogP contribution in [0.15, 0.2) is 60.9 Å². The number of nitrogens with zero attached hydrogens (tertiary/aromatic N) is 3. The van der Waals surface area contributed by atoms with E-state index in [-0.39, 0.29) is 5.56 Å². The lowest BCUT2D eigenvalue weighted by molar-refractivity contribution is 0.0699. The molecule has 0 radical (unpaired) electrons. The van der Waals surface area contributed by atoms with Crippen LogP contribution in [0.3, 0.4) is 0 Å². The molecule has 0 aliphatic heterocycles. The Morgan fingerprint density at radius 1 is 1.04 bits per heavy atom. The van der Waals surface area contributed by atoms with Crippen LogP contribution >= 0.6 is 0 Å². The maximum atomic E-state index is 12.2. The van der Waals surface area contributed by atoms with Crippen molar-refractivity contribution in [2.75, 3.05) is 0 Å². The summed E-state index contributed by atoms with van der Waals surface area (Å²) in [5.41, 5.74) is 4.90. The van der Waals surface area contributed by atoms with Crippen LogP contribution < -0.4 is 0 Å². The first kappa shape index (κ1) is 16.0. The van der Waals surface area contributed by atoms with E-state index in [1.807, 2.05) is 50.2 Å². The van der Waals surface area contributed by atoms with Gasteiger partial charge in [-0.25, -0.2) is 14.5 Å². The van der Waals surface area contributed by atoms with Crippen molar-refractivity contribution < 1.29 is 9.90 Å². The monoisotopic (exact) mass is 343 g/mol. The number of rotatable bonds is 3. The number of aryl methyl sites for hydroxylation is 2. The van der Waals surface area contributed by atoms with Crippen molar-refractivity contribution in [3.05, 3.63) is 77.6 Å². The molecule has 0 atom stereocenters. The van der Waals surface area contributed by atoms with Gasteiger partial charge in [0.25, 0.3) is 0 Å². The summed E-state index contributed by atoms with van der Waals surface area (Å²) in [7, 11) is 0. The second kappa shape index (κ2) is 6.11. The number of carbonyl (C=O) groups is 1. The number of pyridine rings is 1. The number of para-hydroxylation sites is 1. The molecule has 0 aliphatic carbocycles. The van der Waals surface area contributed by atoms with Crippen LogP contribution in [0.5, 0.6) is 0 Å². The molecule has 5 heteroatoms. The molecule has 2 aromatic heterocycles. The molecule has 0 amide bonds. The van der Waals surface area contributed by atoms with E-state index in [9.17, 15) is 9.90 Å². The second-order valence-electron chi connectivity index (χ2n) is 6.28. The highest BCUT2D eigenvalue weighted by atomic mass is 16.4. The molecular formula is C21H17N3O2. The molecule has 4 rings (SSSR count). The Morgan fingerprint density at radius 3 is 2.46 bits per heavy atom.